The first kappa shape index (κ1) is 79.0. The minimum absolute atomic E-state index is 0.0183. The van der Waals surface area contributed by atoms with E-state index in [1.165, 1.54) is 94.6 Å². The van der Waals surface area contributed by atoms with Gasteiger partial charge in [-0.3, -0.25) is 57.5 Å². The molecule has 3 unspecified atom stereocenters. The highest BCUT2D eigenvalue weighted by Gasteiger charge is 2.45. The van der Waals surface area contributed by atoms with Crippen LogP contribution in [0.5, 0.6) is 0 Å². The van der Waals surface area contributed by atoms with E-state index in [1.54, 1.807) is 4.90 Å². The van der Waals surface area contributed by atoms with E-state index in [1.807, 2.05) is 69.2 Å². The lowest BCUT2D eigenvalue weighted by atomic mass is 9.77. The summed E-state index contributed by atoms with van der Waals surface area (Å²) in [6.45, 7) is 24.1. The van der Waals surface area contributed by atoms with Gasteiger partial charge in [0, 0.05) is 68.5 Å². The third kappa shape index (κ3) is 21.3. The molecule has 5 N–H and O–H groups in total. The van der Waals surface area contributed by atoms with Gasteiger partial charge in [0.2, 0.25) is 70.9 Å². The maximum absolute atomic E-state index is 15.2. The zero-order valence-electron chi connectivity index (χ0n) is 60.1. The van der Waals surface area contributed by atoms with Gasteiger partial charge in [-0.15, -0.1) is 0 Å². The molecular formula is C68H119N13O12. The van der Waals surface area contributed by atoms with E-state index in [-0.39, 0.29) is 73.7 Å². The lowest BCUT2D eigenvalue weighted by Gasteiger charge is -2.39. The van der Waals surface area contributed by atoms with Crippen molar-refractivity contribution < 1.29 is 57.5 Å². The molecule has 4 fully saturated rings. The van der Waals surface area contributed by atoms with Gasteiger partial charge in [-0.25, -0.2) is 0 Å². The number of likely N-dealkylation sites (tertiary alicyclic amines) is 1. The molecule has 14 atom stereocenters. The molecule has 3 heterocycles. The van der Waals surface area contributed by atoms with Gasteiger partial charge in [0.05, 0.1) is 13.0 Å². The number of amides is 12. The van der Waals surface area contributed by atoms with Crippen LogP contribution in [0.4, 0.5) is 0 Å². The number of rotatable bonds is 13. The molecule has 25 heteroatoms. The van der Waals surface area contributed by atoms with E-state index in [2.05, 4.69) is 26.6 Å². The lowest BCUT2D eigenvalue weighted by molar-refractivity contribution is -0.152. The number of fused-ring (bicyclic) bond motifs is 1. The number of likely N-dealkylation sites (N-methyl/N-ethyl adjacent to an activating group) is 7. The monoisotopic (exact) mass is 1310 g/mol. The number of hydrogen-bond donors (Lipinski definition) is 5. The molecule has 0 radical (unpaired) electrons. The van der Waals surface area contributed by atoms with Crippen LogP contribution in [0, 0.1) is 41.4 Å². The molecule has 0 aromatic carbocycles. The number of hydrogen-bond acceptors (Lipinski definition) is 13. The summed E-state index contributed by atoms with van der Waals surface area (Å²) < 4.78 is 0. The summed E-state index contributed by atoms with van der Waals surface area (Å²) in [5.41, 5.74) is 0. The maximum Gasteiger partial charge on any atom is 0.245 e. The Labute approximate surface area is 555 Å². The van der Waals surface area contributed by atoms with Crippen LogP contribution in [0.2, 0.25) is 0 Å². The third-order valence-corrected chi connectivity index (χ3v) is 20.0. The first-order valence-corrected chi connectivity index (χ1v) is 34.5. The molecule has 25 nitrogen and oxygen atoms in total. The van der Waals surface area contributed by atoms with Gasteiger partial charge in [-0.05, 0) is 133 Å². The predicted octanol–water partition coefficient (Wildman–Crippen LogP) is 3.22. The summed E-state index contributed by atoms with van der Waals surface area (Å²) in [5.74, 6) is -8.21. The Kier molecular flexibility index (Phi) is 30.5. The fraction of sp³-hybridized carbons (Fsp3) is 0.824. The van der Waals surface area contributed by atoms with Gasteiger partial charge >= 0.3 is 0 Å². The zero-order valence-corrected chi connectivity index (χ0v) is 60.1. The van der Waals surface area contributed by atoms with Crippen molar-refractivity contribution in [1.82, 2.24) is 65.8 Å². The largest absolute Gasteiger partial charge is 0.343 e. The van der Waals surface area contributed by atoms with Crippen molar-refractivity contribution in [2.75, 3.05) is 75.5 Å². The average molecular weight is 1310 g/mol. The molecule has 1 saturated carbocycles. The Balaban J connectivity index is 1.87. The van der Waals surface area contributed by atoms with E-state index in [0.717, 1.165) is 41.9 Å². The van der Waals surface area contributed by atoms with Crippen LogP contribution in [0.25, 0.3) is 0 Å². The van der Waals surface area contributed by atoms with Crippen molar-refractivity contribution in [3.63, 3.8) is 0 Å². The fourth-order valence-corrected chi connectivity index (χ4v) is 13.7. The normalized spacial score (nSPS) is 30.1. The zero-order chi connectivity index (χ0) is 70.2. The van der Waals surface area contributed by atoms with Crippen LogP contribution in [0.3, 0.4) is 0 Å². The Morgan fingerprint density at radius 2 is 0.968 bits per heavy atom. The summed E-state index contributed by atoms with van der Waals surface area (Å²) in [6, 6.07) is -11.7. The van der Waals surface area contributed by atoms with Gasteiger partial charge < -0.3 is 65.8 Å². The summed E-state index contributed by atoms with van der Waals surface area (Å²) >= 11 is 0. The number of piperidine rings is 1. The molecule has 1 aliphatic carbocycles. The average Bonchev–Trinajstić information content (AvgIpc) is 1.69. The molecule has 0 bridgehead atoms. The second kappa shape index (κ2) is 35.9. The summed E-state index contributed by atoms with van der Waals surface area (Å²) in [5, 5.41) is 15.1. The van der Waals surface area contributed by atoms with E-state index in [9.17, 15) is 38.4 Å². The molecule has 3 saturated heterocycles. The second-order valence-electron chi connectivity index (χ2n) is 29.2. The molecule has 0 aromatic heterocycles. The van der Waals surface area contributed by atoms with Crippen molar-refractivity contribution >= 4 is 70.9 Å². The van der Waals surface area contributed by atoms with Crippen molar-refractivity contribution in [2.24, 2.45) is 41.4 Å². The Hall–Kier alpha value is -6.40. The summed E-state index contributed by atoms with van der Waals surface area (Å²) in [4.78, 5) is 187. The summed E-state index contributed by atoms with van der Waals surface area (Å²) in [6.07, 6.45) is 7.09. The van der Waals surface area contributed by atoms with Gasteiger partial charge in [0.25, 0.3) is 0 Å². The van der Waals surface area contributed by atoms with E-state index < -0.39 is 150 Å². The van der Waals surface area contributed by atoms with Crippen LogP contribution in [0.1, 0.15) is 180 Å². The topological polar surface area (TPSA) is 291 Å². The summed E-state index contributed by atoms with van der Waals surface area (Å²) in [7, 11) is 10.2. The van der Waals surface area contributed by atoms with Crippen LogP contribution >= 0.6 is 0 Å². The molecule has 3 aliphatic heterocycles. The van der Waals surface area contributed by atoms with Crippen LogP contribution in [0.15, 0.2) is 0 Å². The smallest absolute Gasteiger partial charge is 0.245 e. The third-order valence-electron chi connectivity index (χ3n) is 20.0. The van der Waals surface area contributed by atoms with Crippen molar-refractivity contribution in [3.05, 3.63) is 0 Å². The molecule has 528 valence electrons. The number of carbonyl (C=O) groups is 12. The molecule has 93 heavy (non-hydrogen) atoms. The molecule has 0 spiro atoms. The van der Waals surface area contributed by atoms with E-state index in [0.29, 0.717) is 38.9 Å². The maximum atomic E-state index is 15.2. The quantitative estimate of drug-likeness (QED) is 0.177. The standard InChI is InChI=1S/C68H119N13O12/c1-21-43(10)58-62(87)73-51(35-47-37-69-49-28-24-23-27-48(47)49)64(89)74(14)38-57(83)76(16)46(13)60(85)72-52(66(91)81-29-25-22-26-30-81)36-56(82)75(15)45(12)59(84)71-50(31-39(2)3)65(90)79(19)54(33-41(6)7)67(92)77(17)53(32-40(4)5)61(86)70-44(11)63(88)78(18)55(34-42(8)9)68(93)80(58)20/h39-55,58,69H,21-38H2,1-20H3,(H,70,86)(H,71,84)(H,72,85)(H,73,87)/t43-,44-,45-,46-,47?,48?,49?,50-,51-,52-,53-,54-,55-,58-/m0/s1. The highest BCUT2D eigenvalue weighted by atomic mass is 16.2. The SMILES string of the molecule is CC[C@H](C)[C@H]1C(=O)N[C@@H](CC2CNC3CCCCC23)C(=O)N(C)CC(=O)N(C)[C@@H](C)C(=O)N[C@H](C(=O)N2CCCCC2)CC(=O)N(C)[C@@H](C)C(=O)N[C@@H](CC(C)C)C(=O)N(C)[C@@H](CC(C)C)C(=O)N(C)[C@@H](CC(C)C)C(=O)N[C@@H](C)C(=O)N(C)[C@@H](CC(C)C)C(=O)N1C. The molecular weight excluding hydrogens is 1190 g/mol. The van der Waals surface area contributed by atoms with Crippen molar-refractivity contribution in [2.45, 2.75) is 246 Å². The van der Waals surface area contributed by atoms with Gasteiger partial charge in [0.15, 0.2) is 0 Å². The fourth-order valence-electron chi connectivity index (χ4n) is 13.7. The number of nitrogens with one attached hydrogen (secondary N) is 5. The van der Waals surface area contributed by atoms with Crippen LogP contribution in [-0.2, 0) is 57.5 Å². The number of carbonyl (C=O) groups excluding carboxylic acids is 12. The predicted molar refractivity (Wildman–Crippen MR) is 356 cm³/mol. The van der Waals surface area contributed by atoms with Gasteiger partial charge in [0.1, 0.15) is 60.4 Å². The number of nitrogens with zero attached hydrogens (tertiary/aromatic N) is 8. The molecule has 4 rings (SSSR count). The van der Waals surface area contributed by atoms with E-state index in [4.69, 9.17) is 0 Å². The van der Waals surface area contributed by atoms with E-state index >= 15 is 19.2 Å². The minimum atomic E-state index is -1.41. The highest BCUT2D eigenvalue weighted by molar-refractivity contribution is 6.00. The molecule has 12 amide bonds. The first-order valence-electron chi connectivity index (χ1n) is 34.5. The Morgan fingerprint density at radius 1 is 0.484 bits per heavy atom. The Bertz CT molecular complexity index is 2610. The highest BCUT2D eigenvalue weighted by Crippen LogP contribution is 2.37. The lowest BCUT2D eigenvalue weighted by Crippen LogP contribution is -2.61. The molecule has 4 aliphatic rings. The van der Waals surface area contributed by atoms with Crippen molar-refractivity contribution in [3.8, 4) is 0 Å². The first-order chi connectivity index (χ1) is 43.4. The Morgan fingerprint density at radius 3 is 1.52 bits per heavy atom. The second-order valence-corrected chi connectivity index (χ2v) is 29.2. The van der Waals surface area contributed by atoms with Gasteiger partial charge in [-0.2, -0.15) is 0 Å². The molecule has 0 aromatic rings. The van der Waals surface area contributed by atoms with Crippen LogP contribution in [-0.4, -0.2) is 252 Å². The van der Waals surface area contributed by atoms with Crippen molar-refractivity contribution in [1.29, 1.82) is 0 Å². The van der Waals surface area contributed by atoms with Crippen LogP contribution < -0.4 is 26.6 Å². The minimum Gasteiger partial charge on any atom is -0.343 e. The van der Waals surface area contributed by atoms with Gasteiger partial charge in [-0.1, -0.05) is 88.5 Å².